The molecule has 84 valence electrons. The molecule has 0 aliphatic rings. The van der Waals surface area contributed by atoms with Crippen LogP contribution in [0.4, 0.5) is 0 Å². The average Bonchev–Trinajstić information content (AvgIpc) is 2.25. The second-order valence-corrected chi connectivity index (χ2v) is 3.50. The second-order valence-electron chi connectivity index (χ2n) is 3.50. The van der Waals surface area contributed by atoms with Crippen molar-refractivity contribution in [3.8, 4) is 5.75 Å². The molecular formula is C12H20N2O. The predicted molar refractivity (Wildman–Crippen MR) is 62.2 cm³/mol. The molecule has 0 unspecified atom stereocenters. The first-order valence-corrected chi connectivity index (χ1v) is 5.59. The van der Waals surface area contributed by atoms with Crippen LogP contribution in [0.1, 0.15) is 25.5 Å². The van der Waals surface area contributed by atoms with Gasteiger partial charge in [0.25, 0.3) is 0 Å². The molecule has 1 heterocycles. The van der Waals surface area contributed by atoms with E-state index in [2.05, 4.69) is 17.2 Å². The third-order valence-corrected chi connectivity index (χ3v) is 2.21. The van der Waals surface area contributed by atoms with Crippen LogP contribution in [0.25, 0.3) is 0 Å². The van der Waals surface area contributed by atoms with Crippen LogP contribution in [-0.4, -0.2) is 24.7 Å². The Bertz CT molecular complexity index is 276. The maximum Gasteiger partial charge on any atom is 0.140 e. The molecule has 0 amide bonds. The molecule has 1 aromatic rings. The fraction of sp³-hybridized carbons (Fsp3) is 0.583. The summed E-state index contributed by atoms with van der Waals surface area (Å²) < 4.78 is 5.63. The normalized spacial score (nSPS) is 10.3. The number of ether oxygens (including phenoxy) is 1. The zero-order valence-electron chi connectivity index (χ0n) is 9.62. The van der Waals surface area contributed by atoms with Gasteiger partial charge in [0.15, 0.2) is 0 Å². The summed E-state index contributed by atoms with van der Waals surface area (Å²) in [7, 11) is 0. The number of hydrogen-bond acceptors (Lipinski definition) is 3. The molecule has 3 nitrogen and oxygen atoms in total. The van der Waals surface area contributed by atoms with Crippen LogP contribution in [0.15, 0.2) is 18.3 Å². The van der Waals surface area contributed by atoms with E-state index >= 15 is 0 Å². The van der Waals surface area contributed by atoms with Gasteiger partial charge in [0.05, 0.1) is 12.3 Å². The monoisotopic (exact) mass is 208 g/mol. The van der Waals surface area contributed by atoms with Crippen molar-refractivity contribution >= 4 is 0 Å². The molecule has 3 heteroatoms. The minimum atomic E-state index is 0.776. The maximum absolute atomic E-state index is 5.63. The number of hydrogen-bond donors (Lipinski definition) is 1. The highest BCUT2D eigenvalue weighted by Gasteiger charge is 1.97. The molecule has 0 saturated carbocycles. The summed E-state index contributed by atoms with van der Waals surface area (Å²) in [5, 5.41) is 3.29. The average molecular weight is 208 g/mol. The molecule has 0 spiro atoms. The smallest absolute Gasteiger partial charge is 0.140 e. The van der Waals surface area contributed by atoms with E-state index in [0.717, 1.165) is 44.0 Å². The van der Waals surface area contributed by atoms with Gasteiger partial charge in [-0.05, 0) is 45.0 Å². The van der Waals surface area contributed by atoms with Crippen molar-refractivity contribution < 1.29 is 4.74 Å². The molecule has 0 aliphatic carbocycles. The third kappa shape index (κ3) is 4.79. The van der Waals surface area contributed by atoms with E-state index in [0.29, 0.717) is 0 Å². The fourth-order valence-corrected chi connectivity index (χ4v) is 1.33. The number of rotatable bonds is 7. The van der Waals surface area contributed by atoms with E-state index in [1.807, 2.05) is 19.1 Å². The highest BCUT2D eigenvalue weighted by Crippen LogP contribution is 2.13. The summed E-state index contributed by atoms with van der Waals surface area (Å²) >= 11 is 0. The first-order chi connectivity index (χ1) is 7.34. The van der Waals surface area contributed by atoms with Crippen LogP contribution in [0, 0.1) is 6.92 Å². The van der Waals surface area contributed by atoms with E-state index in [9.17, 15) is 0 Å². The minimum Gasteiger partial charge on any atom is -0.492 e. The Morgan fingerprint density at radius 3 is 3.00 bits per heavy atom. The first-order valence-electron chi connectivity index (χ1n) is 5.59. The van der Waals surface area contributed by atoms with E-state index in [1.165, 1.54) is 0 Å². The summed E-state index contributed by atoms with van der Waals surface area (Å²) in [6.45, 7) is 6.98. The molecule has 1 rings (SSSR count). The van der Waals surface area contributed by atoms with Gasteiger partial charge in [-0.2, -0.15) is 0 Å². The molecule has 0 aliphatic heterocycles. The van der Waals surface area contributed by atoms with Crippen LogP contribution >= 0.6 is 0 Å². The third-order valence-electron chi connectivity index (χ3n) is 2.21. The van der Waals surface area contributed by atoms with Crippen LogP contribution in [0.3, 0.4) is 0 Å². The number of nitrogens with zero attached hydrogens (tertiary/aromatic N) is 1. The molecule has 0 atom stereocenters. The molecular weight excluding hydrogens is 188 g/mol. The van der Waals surface area contributed by atoms with Gasteiger partial charge in [-0.1, -0.05) is 6.92 Å². The van der Waals surface area contributed by atoms with Crippen molar-refractivity contribution in [1.82, 2.24) is 10.3 Å². The van der Waals surface area contributed by atoms with Crippen molar-refractivity contribution in [1.29, 1.82) is 0 Å². The Hall–Kier alpha value is -1.09. The van der Waals surface area contributed by atoms with Gasteiger partial charge in [0.1, 0.15) is 5.75 Å². The van der Waals surface area contributed by atoms with Gasteiger partial charge in [-0.25, -0.2) is 0 Å². The Morgan fingerprint density at radius 2 is 2.27 bits per heavy atom. The van der Waals surface area contributed by atoms with E-state index < -0.39 is 0 Å². The summed E-state index contributed by atoms with van der Waals surface area (Å²) in [5.41, 5.74) is 0.962. The first kappa shape index (κ1) is 12.0. The molecule has 1 aromatic heterocycles. The molecule has 0 saturated heterocycles. The van der Waals surface area contributed by atoms with Gasteiger partial charge >= 0.3 is 0 Å². The number of pyridine rings is 1. The summed E-state index contributed by atoms with van der Waals surface area (Å²) in [6, 6.07) is 3.87. The molecule has 0 fully saturated rings. The van der Waals surface area contributed by atoms with Crippen LogP contribution in [0.5, 0.6) is 5.75 Å². The van der Waals surface area contributed by atoms with Gasteiger partial charge in [0, 0.05) is 6.20 Å². The highest BCUT2D eigenvalue weighted by molar-refractivity contribution is 5.25. The molecule has 0 aromatic carbocycles. The number of nitrogens with one attached hydrogen (secondary N) is 1. The number of aryl methyl sites for hydroxylation is 1. The minimum absolute atomic E-state index is 0.776. The van der Waals surface area contributed by atoms with Crippen molar-refractivity contribution in [2.24, 2.45) is 0 Å². The highest BCUT2D eigenvalue weighted by atomic mass is 16.5. The van der Waals surface area contributed by atoms with Gasteiger partial charge < -0.3 is 10.1 Å². The standard InChI is InChI=1S/C12H20N2O/c1-3-13-8-4-5-10-15-12-7-6-9-14-11(12)2/h6-7,9,13H,3-5,8,10H2,1-2H3. The predicted octanol–water partition coefficient (Wildman–Crippen LogP) is 2.16. The molecule has 0 bridgehead atoms. The lowest BCUT2D eigenvalue weighted by atomic mass is 10.3. The van der Waals surface area contributed by atoms with Gasteiger partial charge in [-0.15, -0.1) is 0 Å². The van der Waals surface area contributed by atoms with E-state index in [-0.39, 0.29) is 0 Å². The van der Waals surface area contributed by atoms with Crippen LogP contribution < -0.4 is 10.1 Å². The Kier molecular flexibility index (Phi) is 5.78. The van der Waals surface area contributed by atoms with Gasteiger partial charge in [-0.3, -0.25) is 4.98 Å². The van der Waals surface area contributed by atoms with Crippen molar-refractivity contribution in [3.05, 3.63) is 24.0 Å². The van der Waals surface area contributed by atoms with Crippen molar-refractivity contribution in [2.45, 2.75) is 26.7 Å². The number of unbranched alkanes of at least 4 members (excludes halogenated alkanes) is 1. The van der Waals surface area contributed by atoms with E-state index in [1.54, 1.807) is 6.20 Å². The topological polar surface area (TPSA) is 34.1 Å². The summed E-state index contributed by atoms with van der Waals surface area (Å²) in [4.78, 5) is 4.17. The summed E-state index contributed by atoms with van der Waals surface area (Å²) in [6.07, 6.45) is 4.03. The maximum atomic E-state index is 5.63. The second kappa shape index (κ2) is 7.23. The Balaban J connectivity index is 2.12. The Labute approximate surface area is 91.9 Å². The number of aromatic nitrogens is 1. The molecule has 0 radical (unpaired) electrons. The largest absolute Gasteiger partial charge is 0.492 e. The lowest BCUT2D eigenvalue weighted by molar-refractivity contribution is 0.302. The van der Waals surface area contributed by atoms with Crippen LogP contribution in [-0.2, 0) is 0 Å². The quantitative estimate of drug-likeness (QED) is 0.697. The molecule has 15 heavy (non-hydrogen) atoms. The SMILES string of the molecule is CCNCCCCOc1cccnc1C. The lowest BCUT2D eigenvalue weighted by Gasteiger charge is -2.07. The zero-order valence-corrected chi connectivity index (χ0v) is 9.62. The molecule has 1 N–H and O–H groups in total. The lowest BCUT2D eigenvalue weighted by Crippen LogP contribution is -2.14. The summed E-state index contributed by atoms with van der Waals surface area (Å²) in [5.74, 6) is 0.904. The van der Waals surface area contributed by atoms with Crippen molar-refractivity contribution in [2.75, 3.05) is 19.7 Å². The van der Waals surface area contributed by atoms with E-state index in [4.69, 9.17) is 4.74 Å². The van der Waals surface area contributed by atoms with Gasteiger partial charge in [0.2, 0.25) is 0 Å². The van der Waals surface area contributed by atoms with Crippen molar-refractivity contribution in [3.63, 3.8) is 0 Å². The van der Waals surface area contributed by atoms with Crippen LogP contribution in [0.2, 0.25) is 0 Å². The Morgan fingerprint density at radius 1 is 1.40 bits per heavy atom. The fourth-order valence-electron chi connectivity index (χ4n) is 1.33. The zero-order chi connectivity index (χ0) is 10.9.